The van der Waals surface area contributed by atoms with Crippen molar-refractivity contribution >= 4 is 0 Å². The first-order valence-electron chi connectivity index (χ1n) is 7.75. The molecule has 1 heterocycles. The third-order valence-corrected chi connectivity index (χ3v) is 2.87. The first kappa shape index (κ1) is 20.4. The van der Waals surface area contributed by atoms with Gasteiger partial charge in [-0.1, -0.05) is 40.5 Å². The Balaban J connectivity index is 0. The molecule has 1 aromatic rings. The Morgan fingerprint density at radius 1 is 0.895 bits per heavy atom. The number of rotatable bonds is 0. The average molecular weight is 267 g/mol. The van der Waals surface area contributed by atoms with E-state index in [9.17, 15) is 0 Å². The van der Waals surface area contributed by atoms with Gasteiger partial charge in [-0.25, -0.2) is 0 Å². The minimum Gasteiger partial charge on any atom is -0.333 e. The summed E-state index contributed by atoms with van der Waals surface area (Å²) in [6.45, 7) is 10.1. The Morgan fingerprint density at radius 3 is 2.00 bits per heavy atom. The largest absolute Gasteiger partial charge is 0.333 e. The van der Waals surface area contributed by atoms with Gasteiger partial charge in [0.1, 0.15) is 0 Å². The summed E-state index contributed by atoms with van der Waals surface area (Å²) in [6, 6.07) is 0. The van der Waals surface area contributed by atoms with Gasteiger partial charge < -0.3 is 5.73 Å². The maximum atomic E-state index is 4.50. The van der Waals surface area contributed by atoms with Gasteiger partial charge in [0.15, 0.2) is 0 Å². The summed E-state index contributed by atoms with van der Waals surface area (Å²) in [5.41, 5.74) is 8.54. The molecule has 3 heteroatoms. The van der Waals surface area contributed by atoms with Crippen molar-refractivity contribution in [2.75, 3.05) is 7.05 Å². The Hall–Kier alpha value is -0.960. The van der Waals surface area contributed by atoms with Crippen LogP contribution in [0, 0.1) is 6.92 Å². The number of fused-ring (bicyclic) bond motifs is 1. The zero-order chi connectivity index (χ0) is 15.1. The minimum absolute atomic E-state index is 1.14. The van der Waals surface area contributed by atoms with E-state index in [2.05, 4.69) is 22.9 Å². The fraction of sp³-hybridized carbons (Fsp3) is 0.750. The number of aromatic nitrogens is 2. The number of aryl methyl sites for hydroxylation is 2. The van der Waals surface area contributed by atoms with E-state index in [1.165, 1.54) is 56.7 Å². The summed E-state index contributed by atoms with van der Waals surface area (Å²) in [6.07, 6.45) is 9.75. The Labute approximate surface area is 120 Å². The number of hydrogen-bond donors (Lipinski definition) is 1. The SMILES string of the molecule is CC.CC.CN.Cc1nncc2c1CCCCCC2. The minimum atomic E-state index is 1.14. The van der Waals surface area contributed by atoms with Gasteiger partial charge >= 0.3 is 0 Å². The normalized spacial score (nSPS) is 12.8. The van der Waals surface area contributed by atoms with Crippen molar-refractivity contribution in [1.82, 2.24) is 10.2 Å². The topological polar surface area (TPSA) is 51.8 Å². The summed E-state index contributed by atoms with van der Waals surface area (Å²) in [5.74, 6) is 0. The highest BCUT2D eigenvalue weighted by Crippen LogP contribution is 2.20. The molecule has 2 N–H and O–H groups in total. The number of hydrogen-bond acceptors (Lipinski definition) is 3. The molecule has 0 atom stereocenters. The van der Waals surface area contributed by atoms with Crippen LogP contribution < -0.4 is 5.73 Å². The molecule has 1 aliphatic rings. The molecule has 0 aromatic carbocycles. The highest BCUT2D eigenvalue weighted by atomic mass is 15.1. The lowest BCUT2D eigenvalue weighted by molar-refractivity contribution is 0.609. The van der Waals surface area contributed by atoms with Gasteiger partial charge in [0.05, 0.1) is 11.9 Å². The average Bonchev–Trinajstić information content (AvgIpc) is 2.47. The second-order valence-corrected chi connectivity index (χ2v) is 3.85. The van der Waals surface area contributed by atoms with E-state index in [1.807, 2.05) is 33.9 Å². The Kier molecular flexibility index (Phi) is 16.2. The van der Waals surface area contributed by atoms with Crippen LogP contribution in [0.25, 0.3) is 0 Å². The second kappa shape index (κ2) is 15.1. The van der Waals surface area contributed by atoms with Crippen LogP contribution in [0.15, 0.2) is 6.20 Å². The van der Waals surface area contributed by atoms with Crippen LogP contribution in [0.5, 0.6) is 0 Å². The molecule has 0 fully saturated rings. The van der Waals surface area contributed by atoms with E-state index in [1.54, 1.807) is 0 Å². The molecule has 0 unspecified atom stereocenters. The van der Waals surface area contributed by atoms with E-state index in [0.29, 0.717) is 0 Å². The first-order chi connectivity index (χ1) is 9.38. The molecule has 0 saturated heterocycles. The summed E-state index contributed by atoms with van der Waals surface area (Å²) in [4.78, 5) is 0. The quantitative estimate of drug-likeness (QED) is 0.771. The summed E-state index contributed by atoms with van der Waals surface area (Å²) >= 11 is 0. The maximum absolute atomic E-state index is 4.50. The third-order valence-electron chi connectivity index (χ3n) is 2.87. The lowest BCUT2D eigenvalue weighted by Crippen LogP contribution is -2.04. The van der Waals surface area contributed by atoms with Gasteiger partial charge in [0.25, 0.3) is 0 Å². The molecule has 0 saturated carbocycles. The molecule has 1 aliphatic carbocycles. The van der Waals surface area contributed by atoms with E-state index in [-0.39, 0.29) is 0 Å². The van der Waals surface area contributed by atoms with Crippen LogP contribution in [-0.2, 0) is 12.8 Å². The van der Waals surface area contributed by atoms with Crippen LogP contribution >= 0.6 is 0 Å². The fourth-order valence-electron chi connectivity index (χ4n) is 2.08. The van der Waals surface area contributed by atoms with Crippen LogP contribution in [-0.4, -0.2) is 17.2 Å². The first-order valence-corrected chi connectivity index (χ1v) is 7.75. The smallest absolute Gasteiger partial charge is 0.0634 e. The molecule has 0 spiro atoms. The van der Waals surface area contributed by atoms with Gasteiger partial charge in [-0.05, 0) is 50.8 Å². The Morgan fingerprint density at radius 2 is 1.42 bits per heavy atom. The summed E-state index contributed by atoms with van der Waals surface area (Å²) < 4.78 is 0. The van der Waals surface area contributed by atoms with E-state index < -0.39 is 0 Å². The molecule has 19 heavy (non-hydrogen) atoms. The van der Waals surface area contributed by atoms with Gasteiger partial charge in [-0.2, -0.15) is 10.2 Å². The fourth-order valence-corrected chi connectivity index (χ4v) is 2.08. The third kappa shape index (κ3) is 7.93. The van der Waals surface area contributed by atoms with Crippen molar-refractivity contribution in [3.63, 3.8) is 0 Å². The maximum Gasteiger partial charge on any atom is 0.0634 e. The molecule has 112 valence electrons. The van der Waals surface area contributed by atoms with Gasteiger partial charge in [-0.3, -0.25) is 0 Å². The molecule has 0 bridgehead atoms. The Bertz CT molecular complexity index is 298. The van der Waals surface area contributed by atoms with Crippen molar-refractivity contribution in [3.8, 4) is 0 Å². The molecule has 0 aliphatic heterocycles. The number of nitrogens with zero attached hydrogens (tertiary/aromatic N) is 2. The highest BCUT2D eigenvalue weighted by molar-refractivity contribution is 5.27. The van der Waals surface area contributed by atoms with Crippen LogP contribution in [0.2, 0.25) is 0 Å². The van der Waals surface area contributed by atoms with Crippen molar-refractivity contribution in [2.45, 2.75) is 73.1 Å². The van der Waals surface area contributed by atoms with Crippen molar-refractivity contribution in [1.29, 1.82) is 0 Å². The lowest BCUT2D eigenvalue weighted by atomic mass is 9.94. The van der Waals surface area contributed by atoms with Crippen molar-refractivity contribution < 1.29 is 0 Å². The molecule has 0 radical (unpaired) electrons. The van der Waals surface area contributed by atoms with Gasteiger partial charge in [-0.15, -0.1) is 0 Å². The molecular weight excluding hydrogens is 234 g/mol. The molecule has 3 nitrogen and oxygen atoms in total. The van der Waals surface area contributed by atoms with E-state index in [0.717, 1.165) is 5.69 Å². The van der Waals surface area contributed by atoms with Crippen LogP contribution in [0.3, 0.4) is 0 Å². The summed E-state index contributed by atoms with van der Waals surface area (Å²) in [7, 11) is 1.50. The molecule has 0 amide bonds. The van der Waals surface area contributed by atoms with Crippen molar-refractivity contribution in [2.24, 2.45) is 5.73 Å². The van der Waals surface area contributed by atoms with Gasteiger partial charge in [0, 0.05) is 0 Å². The predicted molar refractivity (Wildman–Crippen MR) is 85.5 cm³/mol. The highest BCUT2D eigenvalue weighted by Gasteiger charge is 2.09. The molecule has 1 aromatic heterocycles. The second-order valence-electron chi connectivity index (χ2n) is 3.85. The molecular formula is C16H33N3. The predicted octanol–water partition coefficient (Wildman–Crippen LogP) is 4.07. The standard InChI is InChI=1S/C11H16N2.2C2H6.CH5N/c1-9-11-7-5-3-2-4-6-10(11)8-12-13-9;3*1-2/h8H,2-7H2,1H3;2*1-2H3;2H2,1H3. The monoisotopic (exact) mass is 267 g/mol. The van der Waals surface area contributed by atoms with E-state index >= 15 is 0 Å². The van der Waals surface area contributed by atoms with Gasteiger partial charge in [0.2, 0.25) is 0 Å². The number of nitrogens with two attached hydrogens (primary N) is 1. The van der Waals surface area contributed by atoms with Crippen molar-refractivity contribution in [3.05, 3.63) is 23.0 Å². The zero-order valence-electron chi connectivity index (χ0n) is 13.8. The summed E-state index contributed by atoms with van der Waals surface area (Å²) in [5, 5.41) is 8.13. The van der Waals surface area contributed by atoms with Crippen LogP contribution in [0.1, 0.15) is 70.2 Å². The van der Waals surface area contributed by atoms with E-state index in [4.69, 9.17) is 0 Å². The lowest BCUT2D eigenvalue weighted by Gasteiger charge is -2.13. The van der Waals surface area contributed by atoms with Crippen LogP contribution in [0.4, 0.5) is 0 Å². The molecule has 2 rings (SSSR count). The zero-order valence-corrected chi connectivity index (χ0v) is 13.8.